The second kappa shape index (κ2) is 6.05. The lowest BCUT2D eigenvalue weighted by molar-refractivity contribution is 0.254. The van der Waals surface area contributed by atoms with Gasteiger partial charge in [0.1, 0.15) is 0 Å². The molecule has 0 saturated carbocycles. The van der Waals surface area contributed by atoms with Crippen molar-refractivity contribution >= 4 is 5.69 Å². The number of pyridine rings is 1. The van der Waals surface area contributed by atoms with Crippen molar-refractivity contribution in [2.24, 2.45) is 5.41 Å². The molecule has 0 atom stereocenters. The molecule has 1 heterocycles. The molecular weight excluding hydrogens is 226 g/mol. The molecule has 4 heteroatoms. The van der Waals surface area contributed by atoms with Crippen LogP contribution in [0.1, 0.15) is 19.5 Å². The van der Waals surface area contributed by atoms with Crippen molar-refractivity contribution in [3.05, 3.63) is 18.0 Å². The maximum Gasteiger partial charge on any atom is 0.160 e. The molecular formula is C14H25N3O. The summed E-state index contributed by atoms with van der Waals surface area (Å²) in [6.07, 6.45) is 1.76. The Morgan fingerprint density at radius 2 is 2.06 bits per heavy atom. The maximum absolute atomic E-state index is 5.31. The maximum atomic E-state index is 5.31. The summed E-state index contributed by atoms with van der Waals surface area (Å²) >= 11 is 0. The second-order valence-electron chi connectivity index (χ2n) is 5.78. The third-order valence-electron chi connectivity index (χ3n) is 2.73. The normalized spacial score (nSPS) is 11.7. The number of ether oxygens (including phenoxy) is 1. The minimum atomic E-state index is 0.200. The number of aryl methyl sites for hydroxylation is 1. The molecule has 0 aliphatic rings. The molecule has 0 saturated heterocycles. The van der Waals surface area contributed by atoms with Crippen LogP contribution in [-0.4, -0.2) is 44.2 Å². The summed E-state index contributed by atoms with van der Waals surface area (Å²) in [5.41, 5.74) is 2.20. The van der Waals surface area contributed by atoms with Crippen molar-refractivity contribution in [2.75, 3.05) is 39.6 Å². The first kappa shape index (κ1) is 14.8. The van der Waals surface area contributed by atoms with E-state index in [0.717, 1.165) is 30.2 Å². The SMILES string of the molecule is COc1cnc(C)cc1NCC(C)(C)CN(C)C. The molecule has 18 heavy (non-hydrogen) atoms. The molecule has 0 aliphatic carbocycles. The summed E-state index contributed by atoms with van der Waals surface area (Å²) in [5, 5.41) is 3.46. The van der Waals surface area contributed by atoms with Crippen LogP contribution in [0.3, 0.4) is 0 Å². The molecule has 4 nitrogen and oxygen atoms in total. The van der Waals surface area contributed by atoms with Gasteiger partial charge in [-0.1, -0.05) is 13.8 Å². The Morgan fingerprint density at radius 3 is 2.61 bits per heavy atom. The van der Waals surface area contributed by atoms with E-state index in [-0.39, 0.29) is 5.41 Å². The van der Waals surface area contributed by atoms with E-state index < -0.39 is 0 Å². The fourth-order valence-corrected chi connectivity index (χ4v) is 2.09. The molecule has 0 aliphatic heterocycles. The van der Waals surface area contributed by atoms with Crippen LogP contribution in [0.15, 0.2) is 12.3 Å². The van der Waals surface area contributed by atoms with Gasteiger partial charge in [-0.15, -0.1) is 0 Å². The Hall–Kier alpha value is -1.29. The third kappa shape index (κ3) is 4.53. The van der Waals surface area contributed by atoms with Gasteiger partial charge in [-0.2, -0.15) is 0 Å². The molecule has 0 aromatic carbocycles. The van der Waals surface area contributed by atoms with Gasteiger partial charge in [0.25, 0.3) is 0 Å². The molecule has 1 N–H and O–H groups in total. The largest absolute Gasteiger partial charge is 0.493 e. The number of hydrogen-bond acceptors (Lipinski definition) is 4. The summed E-state index contributed by atoms with van der Waals surface area (Å²) in [7, 11) is 5.86. The van der Waals surface area contributed by atoms with Crippen molar-refractivity contribution in [1.29, 1.82) is 0 Å². The van der Waals surface area contributed by atoms with E-state index in [1.807, 2.05) is 13.0 Å². The second-order valence-corrected chi connectivity index (χ2v) is 5.78. The zero-order valence-corrected chi connectivity index (χ0v) is 12.4. The molecule has 1 aromatic rings. The highest BCUT2D eigenvalue weighted by molar-refractivity contribution is 5.56. The van der Waals surface area contributed by atoms with E-state index >= 15 is 0 Å². The fraction of sp³-hybridized carbons (Fsp3) is 0.643. The van der Waals surface area contributed by atoms with Crippen LogP contribution in [0.25, 0.3) is 0 Å². The molecule has 0 spiro atoms. The van der Waals surface area contributed by atoms with E-state index in [1.165, 1.54) is 0 Å². The van der Waals surface area contributed by atoms with Gasteiger partial charge in [0.2, 0.25) is 0 Å². The van der Waals surface area contributed by atoms with Crippen LogP contribution < -0.4 is 10.1 Å². The first-order valence-corrected chi connectivity index (χ1v) is 6.23. The molecule has 0 radical (unpaired) electrons. The lowest BCUT2D eigenvalue weighted by Crippen LogP contribution is -2.34. The highest BCUT2D eigenvalue weighted by Crippen LogP contribution is 2.25. The van der Waals surface area contributed by atoms with Crippen molar-refractivity contribution in [3.8, 4) is 5.75 Å². The molecule has 0 fully saturated rings. The van der Waals surface area contributed by atoms with Gasteiger partial charge in [-0.3, -0.25) is 4.98 Å². The predicted molar refractivity (Wildman–Crippen MR) is 76.4 cm³/mol. The Bertz CT molecular complexity index is 389. The van der Waals surface area contributed by atoms with Gasteiger partial charge in [-0.25, -0.2) is 0 Å². The zero-order chi connectivity index (χ0) is 13.8. The molecule has 0 bridgehead atoms. The Morgan fingerprint density at radius 1 is 1.39 bits per heavy atom. The number of aromatic nitrogens is 1. The molecule has 1 aromatic heterocycles. The predicted octanol–water partition coefficient (Wildman–Crippen LogP) is 2.40. The number of hydrogen-bond donors (Lipinski definition) is 1. The smallest absolute Gasteiger partial charge is 0.160 e. The number of nitrogens with one attached hydrogen (secondary N) is 1. The van der Waals surface area contributed by atoms with E-state index in [0.29, 0.717) is 0 Å². The van der Waals surface area contributed by atoms with Crippen molar-refractivity contribution in [1.82, 2.24) is 9.88 Å². The minimum Gasteiger partial charge on any atom is -0.493 e. The summed E-state index contributed by atoms with van der Waals surface area (Å²) < 4.78 is 5.31. The highest BCUT2D eigenvalue weighted by atomic mass is 16.5. The van der Waals surface area contributed by atoms with Gasteiger partial charge in [0.15, 0.2) is 5.75 Å². The van der Waals surface area contributed by atoms with Gasteiger partial charge in [0, 0.05) is 18.8 Å². The van der Waals surface area contributed by atoms with Crippen LogP contribution in [0, 0.1) is 12.3 Å². The first-order chi connectivity index (χ1) is 8.34. The molecule has 1 rings (SSSR count). The number of nitrogens with zero attached hydrogens (tertiary/aromatic N) is 2. The molecule has 102 valence electrons. The topological polar surface area (TPSA) is 37.4 Å². The van der Waals surface area contributed by atoms with E-state index in [9.17, 15) is 0 Å². The Kier molecular flexibility index (Phi) is 4.96. The third-order valence-corrected chi connectivity index (χ3v) is 2.73. The summed E-state index contributed by atoms with van der Waals surface area (Å²) in [6.45, 7) is 8.41. The van der Waals surface area contributed by atoms with E-state index in [1.54, 1.807) is 13.3 Å². The number of rotatable bonds is 6. The average molecular weight is 251 g/mol. The van der Waals surface area contributed by atoms with Gasteiger partial charge >= 0.3 is 0 Å². The van der Waals surface area contributed by atoms with Crippen LogP contribution in [0.2, 0.25) is 0 Å². The summed E-state index contributed by atoms with van der Waals surface area (Å²) in [5.74, 6) is 0.793. The molecule has 0 unspecified atom stereocenters. The average Bonchev–Trinajstić information content (AvgIpc) is 2.25. The fourth-order valence-electron chi connectivity index (χ4n) is 2.09. The highest BCUT2D eigenvalue weighted by Gasteiger charge is 2.19. The van der Waals surface area contributed by atoms with Gasteiger partial charge < -0.3 is 15.0 Å². The Balaban J connectivity index is 2.70. The number of anilines is 1. The first-order valence-electron chi connectivity index (χ1n) is 6.23. The lowest BCUT2D eigenvalue weighted by atomic mass is 9.93. The van der Waals surface area contributed by atoms with Crippen LogP contribution >= 0.6 is 0 Å². The Labute approximate surface area is 110 Å². The summed E-state index contributed by atoms with van der Waals surface area (Å²) in [6, 6.07) is 2.02. The van der Waals surface area contributed by atoms with Crippen molar-refractivity contribution in [2.45, 2.75) is 20.8 Å². The zero-order valence-electron chi connectivity index (χ0n) is 12.4. The van der Waals surface area contributed by atoms with Gasteiger partial charge in [0.05, 0.1) is 19.0 Å². The monoisotopic (exact) mass is 251 g/mol. The summed E-state index contributed by atoms with van der Waals surface area (Å²) in [4.78, 5) is 6.44. The molecule has 0 amide bonds. The standard InChI is InChI=1S/C14H25N3O/c1-11-7-12(13(18-6)8-15-11)16-9-14(2,3)10-17(4)5/h7-8H,9-10H2,1-6H3,(H,15,16). The van der Waals surface area contributed by atoms with Crippen LogP contribution in [0.5, 0.6) is 5.75 Å². The number of methoxy groups -OCH3 is 1. The minimum absolute atomic E-state index is 0.200. The van der Waals surface area contributed by atoms with Crippen LogP contribution in [0.4, 0.5) is 5.69 Å². The van der Waals surface area contributed by atoms with E-state index in [4.69, 9.17) is 4.74 Å². The van der Waals surface area contributed by atoms with Gasteiger partial charge in [-0.05, 0) is 32.5 Å². The lowest BCUT2D eigenvalue weighted by Gasteiger charge is -2.29. The van der Waals surface area contributed by atoms with Crippen molar-refractivity contribution < 1.29 is 4.74 Å². The van der Waals surface area contributed by atoms with Crippen LogP contribution in [-0.2, 0) is 0 Å². The van der Waals surface area contributed by atoms with E-state index in [2.05, 4.69) is 43.1 Å². The van der Waals surface area contributed by atoms with Crippen molar-refractivity contribution in [3.63, 3.8) is 0 Å². The quantitative estimate of drug-likeness (QED) is 0.842.